The normalized spacial score (nSPS) is 14.0. The van der Waals surface area contributed by atoms with Crippen LogP contribution in [-0.2, 0) is 14.3 Å². The fourth-order valence-electron chi connectivity index (χ4n) is 2.18. The van der Waals surface area contributed by atoms with E-state index >= 15 is 0 Å². The van der Waals surface area contributed by atoms with Crippen molar-refractivity contribution in [1.29, 1.82) is 0 Å². The summed E-state index contributed by atoms with van der Waals surface area (Å²) < 4.78 is 4.60. The Morgan fingerprint density at radius 2 is 2.00 bits per heavy atom. The predicted molar refractivity (Wildman–Crippen MR) is 92.7 cm³/mol. The molecule has 0 bridgehead atoms. The van der Waals surface area contributed by atoms with Gasteiger partial charge < -0.3 is 4.74 Å². The van der Waals surface area contributed by atoms with Crippen LogP contribution in [0, 0.1) is 0 Å². The summed E-state index contributed by atoms with van der Waals surface area (Å²) in [7, 11) is 1.27. The van der Waals surface area contributed by atoms with Crippen molar-refractivity contribution in [3.63, 3.8) is 0 Å². The summed E-state index contributed by atoms with van der Waals surface area (Å²) in [4.78, 5) is 40.1. The van der Waals surface area contributed by atoms with Crippen LogP contribution >= 0.6 is 11.3 Å². The van der Waals surface area contributed by atoms with E-state index in [1.165, 1.54) is 18.3 Å². The lowest BCUT2D eigenvalue weighted by atomic mass is 10.1. The molecule has 0 aliphatic carbocycles. The molecule has 1 aliphatic rings. The lowest BCUT2D eigenvalue weighted by molar-refractivity contribution is -0.118. The zero-order valence-corrected chi connectivity index (χ0v) is 14.1. The molecule has 2 heterocycles. The van der Waals surface area contributed by atoms with Gasteiger partial charge in [0.1, 0.15) is 10.6 Å². The Kier molecular flexibility index (Phi) is 4.85. The van der Waals surface area contributed by atoms with Crippen molar-refractivity contribution in [2.24, 2.45) is 5.10 Å². The third kappa shape index (κ3) is 3.72. The van der Waals surface area contributed by atoms with E-state index < -0.39 is 11.9 Å². The van der Waals surface area contributed by atoms with Crippen molar-refractivity contribution in [2.75, 3.05) is 17.4 Å². The molecule has 2 amide bonds. The van der Waals surface area contributed by atoms with Crippen LogP contribution in [0.3, 0.4) is 0 Å². The van der Waals surface area contributed by atoms with Crippen LogP contribution in [0.4, 0.5) is 10.8 Å². The summed E-state index contributed by atoms with van der Waals surface area (Å²) in [5, 5.41) is 8.23. The van der Waals surface area contributed by atoms with Gasteiger partial charge in [-0.1, -0.05) is 29.5 Å². The molecule has 0 spiro atoms. The Morgan fingerprint density at radius 1 is 1.24 bits per heavy atom. The van der Waals surface area contributed by atoms with Crippen molar-refractivity contribution in [1.82, 2.24) is 4.98 Å². The van der Waals surface area contributed by atoms with Gasteiger partial charge in [-0.05, 0) is 12.1 Å². The fourth-order valence-corrected chi connectivity index (χ4v) is 2.91. The number of benzene rings is 1. The highest BCUT2D eigenvalue weighted by Gasteiger charge is 2.26. The monoisotopic (exact) mass is 358 g/mol. The van der Waals surface area contributed by atoms with Crippen LogP contribution in [0.1, 0.15) is 22.5 Å². The SMILES string of the molecule is COC(=O)c1cnc(NC(=O)C2=NN(c3ccccc3)C(=O)CC2)s1. The second-order valence-electron chi connectivity index (χ2n) is 5.06. The first-order valence-electron chi connectivity index (χ1n) is 7.39. The average Bonchev–Trinajstić information content (AvgIpc) is 3.10. The Morgan fingerprint density at radius 3 is 2.72 bits per heavy atom. The second-order valence-corrected chi connectivity index (χ2v) is 6.09. The first-order valence-corrected chi connectivity index (χ1v) is 8.21. The number of nitrogens with zero attached hydrogens (tertiary/aromatic N) is 3. The number of hydrazone groups is 1. The largest absolute Gasteiger partial charge is 0.465 e. The highest BCUT2D eigenvalue weighted by Crippen LogP contribution is 2.22. The number of rotatable bonds is 4. The van der Waals surface area contributed by atoms with Crippen LogP contribution < -0.4 is 10.3 Å². The maximum atomic E-state index is 12.4. The molecule has 8 nitrogen and oxygen atoms in total. The zero-order chi connectivity index (χ0) is 17.8. The molecule has 0 radical (unpaired) electrons. The molecule has 128 valence electrons. The number of amides is 2. The summed E-state index contributed by atoms with van der Waals surface area (Å²) >= 11 is 1.00. The van der Waals surface area contributed by atoms with Crippen LogP contribution in [0.2, 0.25) is 0 Å². The quantitative estimate of drug-likeness (QED) is 0.843. The topological polar surface area (TPSA) is 101 Å². The first-order chi connectivity index (χ1) is 12.1. The number of hydrogen-bond acceptors (Lipinski definition) is 7. The molecule has 0 saturated carbocycles. The van der Waals surface area contributed by atoms with Crippen molar-refractivity contribution >= 4 is 45.7 Å². The maximum absolute atomic E-state index is 12.4. The molecule has 1 aromatic heterocycles. The van der Waals surface area contributed by atoms with E-state index in [1.807, 2.05) is 6.07 Å². The van der Waals surface area contributed by atoms with Gasteiger partial charge in [0.15, 0.2) is 5.13 Å². The number of nitrogens with one attached hydrogen (secondary N) is 1. The highest BCUT2D eigenvalue weighted by molar-refractivity contribution is 7.17. The van der Waals surface area contributed by atoms with Gasteiger partial charge in [-0.2, -0.15) is 5.10 Å². The number of methoxy groups -OCH3 is 1. The minimum Gasteiger partial charge on any atom is -0.465 e. The highest BCUT2D eigenvalue weighted by atomic mass is 32.1. The first kappa shape index (κ1) is 16.8. The number of aromatic nitrogens is 1. The van der Waals surface area contributed by atoms with Crippen molar-refractivity contribution in [2.45, 2.75) is 12.8 Å². The van der Waals surface area contributed by atoms with Crippen LogP contribution in [-0.4, -0.2) is 35.6 Å². The standard InChI is InChI=1S/C16H14N4O4S/c1-24-15(23)12-9-17-16(25-12)18-14(22)11-7-8-13(21)20(19-11)10-5-3-2-4-6-10/h2-6,9H,7-8H2,1H3,(H,17,18,22). The molecule has 1 aromatic carbocycles. The van der Waals surface area contributed by atoms with Gasteiger partial charge in [-0.25, -0.2) is 14.8 Å². The molecule has 9 heteroatoms. The molecule has 3 rings (SSSR count). The molecule has 2 aromatic rings. The van der Waals surface area contributed by atoms with Gasteiger partial charge in [0, 0.05) is 12.8 Å². The zero-order valence-electron chi connectivity index (χ0n) is 13.3. The van der Waals surface area contributed by atoms with E-state index in [4.69, 9.17) is 0 Å². The molecule has 0 fully saturated rings. The number of carbonyl (C=O) groups is 3. The van der Waals surface area contributed by atoms with E-state index in [0.29, 0.717) is 5.69 Å². The number of thiazole rings is 1. The lowest BCUT2D eigenvalue weighted by Crippen LogP contribution is -2.36. The number of hydrogen-bond donors (Lipinski definition) is 1. The minimum atomic E-state index is -0.520. The van der Waals surface area contributed by atoms with E-state index in [0.717, 1.165) is 11.3 Å². The van der Waals surface area contributed by atoms with E-state index in [-0.39, 0.29) is 34.5 Å². The van der Waals surface area contributed by atoms with Gasteiger partial charge in [0.2, 0.25) is 5.91 Å². The van der Waals surface area contributed by atoms with Crippen molar-refractivity contribution in [3.05, 3.63) is 41.4 Å². The maximum Gasteiger partial charge on any atom is 0.349 e. The summed E-state index contributed by atoms with van der Waals surface area (Å²) in [6.45, 7) is 0. The Labute approximate surface area is 147 Å². The van der Waals surface area contributed by atoms with E-state index in [2.05, 4.69) is 20.1 Å². The molecular weight excluding hydrogens is 344 g/mol. The van der Waals surface area contributed by atoms with Crippen LogP contribution in [0.15, 0.2) is 41.6 Å². The number of anilines is 2. The van der Waals surface area contributed by atoms with Gasteiger partial charge in [0.05, 0.1) is 19.0 Å². The summed E-state index contributed by atoms with van der Waals surface area (Å²) in [5.74, 6) is -1.15. The second kappa shape index (κ2) is 7.22. The molecule has 0 unspecified atom stereocenters. The molecule has 1 N–H and O–H groups in total. The summed E-state index contributed by atoms with van der Waals surface area (Å²) in [5.41, 5.74) is 0.818. The molecular formula is C16H14N4O4S. The number of para-hydroxylation sites is 1. The van der Waals surface area contributed by atoms with Gasteiger partial charge in [-0.15, -0.1) is 0 Å². The van der Waals surface area contributed by atoms with Gasteiger partial charge >= 0.3 is 5.97 Å². The molecule has 0 saturated heterocycles. The van der Waals surface area contributed by atoms with Crippen molar-refractivity contribution < 1.29 is 19.1 Å². The number of ether oxygens (including phenoxy) is 1. The average molecular weight is 358 g/mol. The third-order valence-electron chi connectivity index (χ3n) is 3.41. The Bertz CT molecular complexity index is 847. The van der Waals surface area contributed by atoms with E-state index in [1.54, 1.807) is 24.3 Å². The van der Waals surface area contributed by atoms with Crippen molar-refractivity contribution in [3.8, 4) is 0 Å². The van der Waals surface area contributed by atoms with Gasteiger partial charge in [-0.3, -0.25) is 14.9 Å². The minimum absolute atomic E-state index is 0.176. The van der Waals surface area contributed by atoms with Gasteiger partial charge in [0.25, 0.3) is 5.91 Å². The van der Waals surface area contributed by atoms with Crippen LogP contribution in [0.5, 0.6) is 0 Å². The number of esters is 1. The summed E-state index contributed by atoms with van der Waals surface area (Å²) in [6.07, 6.45) is 1.75. The van der Waals surface area contributed by atoms with E-state index in [9.17, 15) is 14.4 Å². The smallest absolute Gasteiger partial charge is 0.349 e. The molecule has 25 heavy (non-hydrogen) atoms. The Balaban J connectivity index is 1.76. The summed E-state index contributed by atoms with van der Waals surface area (Å²) in [6, 6.07) is 8.89. The third-order valence-corrected chi connectivity index (χ3v) is 4.30. The van der Waals surface area contributed by atoms with Crippen LogP contribution in [0.25, 0.3) is 0 Å². The molecule has 1 aliphatic heterocycles. The number of carbonyl (C=O) groups excluding carboxylic acids is 3. The predicted octanol–water partition coefficient (Wildman–Crippen LogP) is 2.05. The lowest BCUT2D eigenvalue weighted by Gasteiger charge is -2.22. The fraction of sp³-hybridized carbons (Fsp3) is 0.188. The Hall–Kier alpha value is -3.07. The molecule has 0 atom stereocenters.